The monoisotopic (exact) mass is 412 g/mol. The molecule has 0 spiro atoms. The van der Waals surface area contributed by atoms with Gasteiger partial charge in [0, 0.05) is 6.54 Å². The highest BCUT2D eigenvalue weighted by molar-refractivity contribution is 5.88. The molecule has 2 aromatic rings. The van der Waals surface area contributed by atoms with Crippen molar-refractivity contribution >= 4 is 17.7 Å². The standard InChI is InChI=1S/C23H25FN2O4/c24-19-6-1-2-7-20(19)26(14-17-5-3-4-16(12-17)13-22(27)28)23(29)30-21-15-25-10-8-18(21)9-11-25/h1-7,12,18,21H,8-11,13-15H2,(H,27,28)/t21-/m0/s1. The predicted molar refractivity (Wildman–Crippen MR) is 110 cm³/mol. The zero-order valence-electron chi connectivity index (χ0n) is 16.7. The van der Waals surface area contributed by atoms with Crippen LogP contribution in [0.4, 0.5) is 14.9 Å². The van der Waals surface area contributed by atoms with Crippen LogP contribution in [-0.4, -0.2) is 47.8 Å². The third-order valence-corrected chi connectivity index (χ3v) is 5.90. The summed E-state index contributed by atoms with van der Waals surface area (Å²) in [6.45, 7) is 2.88. The third-order valence-electron chi connectivity index (χ3n) is 5.90. The van der Waals surface area contributed by atoms with E-state index in [0.717, 1.165) is 32.5 Å². The highest BCUT2D eigenvalue weighted by Crippen LogP contribution is 2.31. The van der Waals surface area contributed by atoms with E-state index in [9.17, 15) is 14.0 Å². The van der Waals surface area contributed by atoms with E-state index in [1.54, 1.807) is 42.5 Å². The quantitative estimate of drug-likeness (QED) is 0.784. The number of piperidine rings is 3. The first kappa shape index (κ1) is 20.3. The molecule has 7 heteroatoms. The lowest BCUT2D eigenvalue weighted by Crippen LogP contribution is -2.53. The lowest BCUT2D eigenvalue weighted by atomic mass is 9.86. The SMILES string of the molecule is O=C(O)Cc1cccc(CN(C(=O)O[C@H]2CN3CCC2CC3)c2ccccc2F)c1. The van der Waals surface area contributed by atoms with Crippen molar-refractivity contribution in [2.45, 2.75) is 31.9 Å². The molecule has 3 aliphatic heterocycles. The van der Waals surface area contributed by atoms with E-state index in [0.29, 0.717) is 17.0 Å². The average molecular weight is 412 g/mol. The van der Waals surface area contributed by atoms with Crippen molar-refractivity contribution in [3.05, 3.63) is 65.5 Å². The van der Waals surface area contributed by atoms with Crippen LogP contribution in [0.25, 0.3) is 0 Å². The highest BCUT2D eigenvalue weighted by Gasteiger charge is 2.37. The molecule has 0 aromatic heterocycles. The number of amides is 1. The first-order valence-corrected chi connectivity index (χ1v) is 10.2. The number of carboxylic acids is 1. The smallest absolute Gasteiger partial charge is 0.415 e. The maximum absolute atomic E-state index is 14.5. The fraction of sp³-hybridized carbons (Fsp3) is 0.391. The van der Waals surface area contributed by atoms with Crippen LogP contribution in [0, 0.1) is 11.7 Å². The molecule has 5 rings (SSSR count). The van der Waals surface area contributed by atoms with Crippen LogP contribution >= 0.6 is 0 Å². The van der Waals surface area contributed by atoms with Gasteiger partial charge in [-0.1, -0.05) is 36.4 Å². The molecule has 6 nitrogen and oxygen atoms in total. The molecule has 3 fully saturated rings. The fourth-order valence-corrected chi connectivity index (χ4v) is 4.35. The van der Waals surface area contributed by atoms with E-state index in [1.807, 2.05) is 0 Å². The number of nitrogens with zero attached hydrogens (tertiary/aromatic N) is 2. The van der Waals surface area contributed by atoms with Crippen LogP contribution < -0.4 is 4.90 Å². The summed E-state index contributed by atoms with van der Waals surface area (Å²) in [5, 5.41) is 9.04. The molecule has 0 aliphatic carbocycles. The van der Waals surface area contributed by atoms with Crippen LogP contribution in [0.15, 0.2) is 48.5 Å². The number of anilines is 1. The number of carboxylic acid groups (broad SMARTS) is 1. The summed E-state index contributed by atoms with van der Waals surface area (Å²) < 4.78 is 20.4. The van der Waals surface area contributed by atoms with E-state index in [2.05, 4.69) is 4.90 Å². The van der Waals surface area contributed by atoms with Crippen LogP contribution in [0.5, 0.6) is 0 Å². The van der Waals surface area contributed by atoms with E-state index in [4.69, 9.17) is 9.84 Å². The molecule has 0 radical (unpaired) electrons. The number of aliphatic carboxylic acids is 1. The van der Waals surface area contributed by atoms with E-state index < -0.39 is 17.9 Å². The van der Waals surface area contributed by atoms with Gasteiger partial charge >= 0.3 is 12.1 Å². The van der Waals surface area contributed by atoms with E-state index in [1.165, 1.54) is 11.0 Å². The number of hydrogen-bond donors (Lipinski definition) is 1. The number of fused-ring (bicyclic) bond motifs is 3. The van der Waals surface area contributed by atoms with Crippen molar-refractivity contribution in [2.24, 2.45) is 5.92 Å². The minimum Gasteiger partial charge on any atom is -0.481 e. The molecule has 1 N–H and O–H groups in total. The zero-order chi connectivity index (χ0) is 21.1. The molecule has 30 heavy (non-hydrogen) atoms. The molecule has 1 amide bonds. The molecular weight excluding hydrogens is 387 g/mol. The van der Waals surface area contributed by atoms with Crippen molar-refractivity contribution in [3.63, 3.8) is 0 Å². The Morgan fingerprint density at radius 1 is 1.10 bits per heavy atom. The van der Waals surface area contributed by atoms with Gasteiger partial charge in [-0.3, -0.25) is 14.6 Å². The van der Waals surface area contributed by atoms with Gasteiger partial charge in [-0.05, 0) is 55.1 Å². The molecule has 158 valence electrons. The molecule has 0 saturated carbocycles. The first-order chi connectivity index (χ1) is 14.5. The number of hydrogen-bond acceptors (Lipinski definition) is 4. The van der Waals surface area contributed by atoms with Crippen molar-refractivity contribution in [1.82, 2.24) is 4.90 Å². The first-order valence-electron chi connectivity index (χ1n) is 10.2. The minimum absolute atomic E-state index is 0.0916. The Morgan fingerprint density at radius 3 is 2.50 bits per heavy atom. The molecule has 2 aromatic carbocycles. The topological polar surface area (TPSA) is 70.1 Å². The lowest BCUT2D eigenvalue weighted by molar-refractivity contribution is -0.136. The van der Waals surface area contributed by atoms with Gasteiger partial charge in [0.15, 0.2) is 0 Å². The number of benzene rings is 2. The number of rotatable bonds is 6. The summed E-state index contributed by atoms with van der Waals surface area (Å²) in [6, 6.07) is 13.1. The third kappa shape index (κ3) is 4.62. The van der Waals surface area contributed by atoms with Gasteiger partial charge in [-0.15, -0.1) is 0 Å². The largest absolute Gasteiger partial charge is 0.481 e. The Labute approximate surface area is 174 Å². The zero-order valence-corrected chi connectivity index (χ0v) is 16.7. The Kier molecular flexibility index (Phi) is 5.99. The van der Waals surface area contributed by atoms with Gasteiger partial charge in [-0.25, -0.2) is 9.18 Å². The molecule has 2 bridgehead atoms. The van der Waals surface area contributed by atoms with Gasteiger partial charge < -0.3 is 9.84 Å². The molecule has 3 heterocycles. The van der Waals surface area contributed by atoms with E-state index in [-0.39, 0.29) is 24.8 Å². The Morgan fingerprint density at radius 2 is 1.83 bits per heavy atom. The molecule has 3 aliphatic rings. The van der Waals surface area contributed by atoms with Gasteiger partial charge in [-0.2, -0.15) is 0 Å². The molecule has 0 unspecified atom stereocenters. The maximum Gasteiger partial charge on any atom is 0.415 e. The Hall–Kier alpha value is -2.93. The van der Waals surface area contributed by atoms with Crippen molar-refractivity contribution in [3.8, 4) is 0 Å². The summed E-state index contributed by atoms with van der Waals surface area (Å²) >= 11 is 0. The molecule has 3 saturated heterocycles. The molecule has 1 atom stereocenters. The van der Waals surface area contributed by atoms with Gasteiger partial charge in [0.05, 0.1) is 18.7 Å². The summed E-state index contributed by atoms with van der Waals surface area (Å²) in [5.41, 5.74) is 1.48. The second kappa shape index (κ2) is 8.83. The summed E-state index contributed by atoms with van der Waals surface area (Å²) in [4.78, 5) is 27.7. The van der Waals surface area contributed by atoms with Crippen molar-refractivity contribution in [2.75, 3.05) is 24.5 Å². The summed E-state index contributed by atoms with van der Waals surface area (Å²) in [6.07, 6.45) is 1.14. The van der Waals surface area contributed by atoms with Gasteiger partial charge in [0.25, 0.3) is 0 Å². The summed E-state index contributed by atoms with van der Waals surface area (Å²) in [7, 11) is 0. The van der Waals surface area contributed by atoms with Crippen molar-refractivity contribution < 1.29 is 23.8 Å². The number of para-hydroxylation sites is 1. The fourth-order valence-electron chi connectivity index (χ4n) is 4.35. The highest BCUT2D eigenvalue weighted by atomic mass is 19.1. The second-order valence-corrected chi connectivity index (χ2v) is 7.99. The maximum atomic E-state index is 14.5. The van der Waals surface area contributed by atoms with Gasteiger partial charge in [0.1, 0.15) is 11.9 Å². The van der Waals surface area contributed by atoms with Gasteiger partial charge in [0.2, 0.25) is 0 Å². The van der Waals surface area contributed by atoms with Crippen LogP contribution in [-0.2, 0) is 22.5 Å². The van der Waals surface area contributed by atoms with Crippen molar-refractivity contribution in [1.29, 1.82) is 0 Å². The average Bonchev–Trinajstić information content (AvgIpc) is 2.73. The Balaban J connectivity index is 1.56. The number of ether oxygens (including phenoxy) is 1. The number of halogens is 1. The minimum atomic E-state index is -0.931. The normalized spacial score (nSPS) is 22.5. The molecular formula is C23H25FN2O4. The van der Waals surface area contributed by atoms with Crippen LogP contribution in [0.3, 0.4) is 0 Å². The number of carbonyl (C=O) groups excluding carboxylic acids is 1. The Bertz CT molecular complexity index is 927. The van der Waals surface area contributed by atoms with E-state index >= 15 is 0 Å². The van der Waals surface area contributed by atoms with Crippen LogP contribution in [0.1, 0.15) is 24.0 Å². The lowest BCUT2D eigenvalue weighted by Gasteiger charge is -2.44. The second-order valence-electron chi connectivity index (χ2n) is 7.99. The number of carbonyl (C=O) groups is 2. The van der Waals surface area contributed by atoms with Crippen LogP contribution in [0.2, 0.25) is 0 Å². The predicted octanol–water partition coefficient (Wildman–Crippen LogP) is 3.69. The summed E-state index contributed by atoms with van der Waals surface area (Å²) in [5.74, 6) is -1.09.